The van der Waals surface area contributed by atoms with Crippen molar-refractivity contribution < 1.29 is 13.9 Å². The zero-order valence-corrected chi connectivity index (χ0v) is 7.22. The molecule has 1 atom stereocenters. The Hall–Kier alpha value is -1.16. The largest absolute Gasteiger partial charge is 0.392 e. The van der Waals surface area contributed by atoms with E-state index in [2.05, 4.69) is 5.32 Å². The first kappa shape index (κ1) is 9.92. The Balaban J connectivity index is 2.66. The summed E-state index contributed by atoms with van der Waals surface area (Å²) >= 11 is 0. The molecule has 0 aliphatic heterocycles. The third-order valence-electron chi connectivity index (χ3n) is 1.46. The van der Waals surface area contributed by atoms with Gasteiger partial charge in [0.1, 0.15) is 11.6 Å². The minimum atomic E-state index is -0.631. The molecule has 1 rings (SSSR count). The minimum Gasteiger partial charge on any atom is -0.392 e. The highest BCUT2D eigenvalue weighted by Crippen LogP contribution is 2.12. The molecule has 2 nitrogen and oxygen atoms in total. The van der Waals surface area contributed by atoms with Crippen LogP contribution in [0.2, 0.25) is 0 Å². The van der Waals surface area contributed by atoms with E-state index in [-0.39, 0.29) is 6.54 Å². The standard InChI is InChI=1S/C9H11F2NO/c1-6(13)5-12-9-3-7(10)2-8(11)4-9/h2-4,6,12-13H,5H2,1H3/t6-/m0/s1. The predicted molar refractivity (Wildman–Crippen MR) is 46.5 cm³/mol. The topological polar surface area (TPSA) is 32.3 Å². The first-order valence-corrected chi connectivity index (χ1v) is 3.96. The van der Waals surface area contributed by atoms with Gasteiger partial charge in [-0.15, -0.1) is 0 Å². The van der Waals surface area contributed by atoms with Crippen molar-refractivity contribution in [2.75, 3.05) is 11.9 Å². The van der Waals surface area contributed by atoms with Gasteiger partial charge in [0.15, 0.2) is 0 Å². The third-order valence-corrected chi connectivity index (χ3v) is 1.46. The van der Waals surface area contributed by atoms with E-state index in [1.807, 2.05) is 0 Å². The molecular weight excluding hydrogens is 176 g/mol. The monoisotopic (exact) mass is 187 g/mol. The molecule has 0 aromatic heterocycles. The summed E-state index contributed by atoms with van der Waals surface area (Å²) in [7, 11) is 0. The molecule has 0 heterocycles. The van der Waals surface area contributed by atoms with Crippen LogP contribution in [0.5, 0.6) is 0 Å². The lowest BCUT2D eigenvalue weighted by Crippen LogP contribution is -2.15. The summed E-state index contributed by atoms with van der Waals surface area (Å²) in [6.07, 6.45) is -0.550. The number of halogens is 2. The SMILES string of the molecule is C[C@H](O)CNc1cc(F)cc(F)c1. The molecule has 0 amide bonds. The smallest absolute Gasteiger partial charge is 0.128 e. The number of aliphatic hydroxyl groups excluding tert-OH is 1. The van der Waals surface area contributed by atoms with Crippen molar-refractivity contribution >= 4 is 5.69 Å². The summed E-state index contributed by atoms with van der Waals surface area (Å²) in [4.78, 5) is 0. The van der Waals surface area contributed by atoms with Gasteiger partial charge in [0.25, 0.3) is 0 Å². The highest BCUT2D eigenvalue weighted by molar-refractivity contribution is 5.43. The lowest BCUT2D eigenvalue weighted by molar-refractivity contribution is 0.208. The summed E-state index contributed by atoms with van der Waals surface area (Å²) in [5, 5.41) is 11.6. The second kappa shape index (κ2) is 4.18. The van der Waals surface area contributed by atoms with E-state index >= 15 is 0 Å². The molecule has 13 heavy (non-hydrogen) atoms. The third kappa shape index (κ3) is 3.38. The highest BCUT2D eigenvalue weighted by Gasteiger charge is 2.00. The van der Waals surface area contributed by atoms with Crippen molar-refractivity contribution in [1.82, 2.24) is 0 Å². The van der Waals surface area contributed by atoms with E-state index in [4.69, 9.17) is 5.11 Å². The van der Waals surface area contributed by atoms with Crippen LogP contribution < -0.4 is 5.32 Å². The zero-order chi connectivity index (χ0) is 9.84. The van der Waals surface area contributed by atoms with Gasteiger partial charge in [0.05, 0.1) is 6.10 Å². The second-order valence-corrected chi connectivity index (χ2v) is 2.89. The van der Waals surface area contributed by atoms with Gasteiger partial charge in [-0.25, -0.2) is 8.78 Å². The number of nitrogens with one attached hydrogen (secondary N) is 1. The fraction of sp³-hybridized carbons (Fsp3) is 0.333. The quantitative estimate of drug-likeness (QED) is 0.755. The number of anilines is 1. The van der Waals surface area contributed by atoms with Gasteiger partial charge in [-0.1, -0.05) is 0 Å². The molecule has 0 aliphatic carbocycles. The average molecular weight is 187 g/mol. The predicted octanol–water partition coefficient (Wildman–Crippen LogP) is 1.76. The number of rotatable bonds is 3. The second-order valence-electron chi connectivity index (χ2n) is 2.89. The van der Waals surface area contributed by atoms with Crippen LogP contribution >= 0.6 is 0 Å². The normalized spacial score (nSPS) is 12.6. The number of benzene rings is 1. The summed E-state index contributed by atoms with van der Waals surface area (Å²) < 4.78 is 25.2. The van der Waals surface area contributed by atoms with Crippen LogP contribution in [0, 0.1) is 11.6 Å². The van der Waals surface area contributed by atoms with E-state index in [9.17, 15) is 8.78 Å². The summed E-state index contributed by atoms with van der Waals surface area (Å²) in [5.41, 5.74) is 0.332. The molecule has 0 saturated heterocycles. The molecule has 0 spiro atoms. The van der Waals surface area contributed by atoms with E-state index < -0.39 is 17.7 Å². The Morgan fingerprint density at radius 3 is 2.31 bits per heavy atom. The lowest BCUT2D eigenvalue weighted by atomic mass is 10.3. The summed E-state index contributed by atoms with van der Waals surface area (Å²) in [6.45, 7) is 1.85. The molecular formula is C9H11F2NO. The van der Waals surface area contributed by atoms with Gasteiger partial charge in [0.2, 0.25) is 0 Å². The summed E-state index contributed by atoms with van der Waals surface area (Å²) in [5.74, 6) is -1.26. The van der Waals surface area contributed by atoms with E-state index in [1.54, 1.807) is 6.92 Å². The van der Waals surface area contributed by atoms with Crippen molar-refractivity contribution in [3.8, 4) is 0 Å². The Bertz CT molecular complexity index is 269. The van der Waals surface area contributed by atoms with Crippen LogP contribution in [0.25, 0.3) is 0 Å². The van der Waals surface area contributed by atoms with Crippen molar-refractivity contribution in [2.45, 2.75) is 13.0 Å². The van der Waals surface area contributed by atoms with Crippen LogP contribution in [-0.4, -0.2) is 17.8 Å². The molecule has 0 bridgehead atoms. The molecule has 1 aromatic carbocycles. The van der Waals surface area contributed by atoms with Crippen LogP contribution in [0.4, 0.5) is 14.5 Å². The van der Waals surface area contributed by atoms with Gasteiger partial charge >= 0.3 is 0 Å². The molecule has 0 saturated carbocycles. The zero-order valence-electron chi connectivity index (χ0n) is 7.22. The van der Waals surface area contributed by atoms with Gasteiger partial charge in [-0.2, -0.15) is 0 Å². The van der Waals surface area contributed by atoms with Crippen LogP contribution in [0.1, 0.15) is 6.92 Å². The minimum absolute atomic E-state index is 0.267. The Kier molecular flexibility index (Phi) is 3.19. The fourth-order valence-corrected chi connectivity index (χ4v) is 0.921. The molecule has 4 heteroatoms. The fourth-order valence-electron chi connectivity index (χ4n) is 0.921. The number of hydrogen-bond acceptors (Lipinski definition) is 2. The Labute approximate surface area is 75.2 Å². The molecule has 0 radical (unpaired) electrons. The van der Waals surface area contributed by atoms with Crippen LogP contribution in [0.15, 0.2) is 18.2 Å². The number of hydrogen-bond donors (Lipinski definition) is 2. The molecule has 0 aliphatic rings. The van der Waals surface area contributed by atoms with Gasteiger partial charge < -0.3 is 10.4 Å². The molecule has 0 fully saturated rings. The van der Waals surface area contributed by atoms with Crippen molar-refractivity contribution in [3.63, 3.8) is 0 Å². The molecule has 2 N–H and O–H groups in total. The maximum absolute atomic E-state index is 12.6. The maximum atomic E-state index is 12.6. The first-order chi connectivity index (χ1) is 6.08. The van der Waals surface area contributed by atoms with Crippen molar-refractivity contribution in [1.29, 1.82) is 0 Å². The van der Waals surface area contributed by atoms with Gasteiger partial charge in [-0.3, -0.25) is 0 Å². The molecule has 1 aromatic rings. The average Bonchev–Trinajstić information content (AvgIpc) is 1.99. The Morgan fingerprint density at radius 1 is 1.31 bits per heavy atom. The number of aliphatic hydroxyl groups is 1. The van der Waals surface area contributed by atoms with E-state index in [0.29, 0.717) is 5.69 Å². The highest BCUT2D eigenvalue weighted by atomic mass is 19.1. The maximum Gasteiger partial charge on any atom is 0.128 e. The lowest BCUT2D eigenvalue weighted by Gasteiger charge is -2.08. The van der Waals surface area contributed by atoms with Crippen molar-refractivity contribution in [2.24, 2.45) is 0 Å². The van der Waals surface area contributed by atoms with Gasteiger partial charge in [-0.05, 0) is 19.1 Å². The Morgan fingerprint density at radius 2 is 1.85 bits per heavy atom. The summed E-state index contributed by atoms with van der Waals surface area (Å²) in [6, 6.07) is 3.14. The van der Waals surface area contributed by atoms with Gasteiger partial charge in [0, 0.05) is 18.3 Å². The molecule has 72 valence electrons. The van der Waals surface area contributed by atoms with E-state index in [1.165, 1.54) is 12.1 Å². The van der Waals surface area contributed by atoms with E-state index in [0.717, 1.165) is 6.07 Å². The van der Waals surface area contributed by atoms with Crippen molar-refractivity contribution in [3.05, 3.63) is 29.8 Å². The molecule has 0 unspecified atom stereocenters. The van der Waals surface area contributed by atoms with Crippen LogP contribution in [-0.2, 0) is 0 Å². The van der Waals surface area contributed by atoms with Crippen LogP contribution in [0.3, 0.4) is 0 Å². The first-order valence-electron chi connectivity index (χ1n) is 3.96.